The van der Waals surface area contributed by atoms with Crippen molar-refractivity contribution in [1.29, 1.82) is 0 Å². The molecule has 0 aromatic carbocycles. The molecular formula is C13H26N+. The SMILES string of the molecule is CC1C(C)C(C)[N+]2(CCCCC2)C1C. The fraction of sp³-hybridized carbons (Fsp3) is 1.00. The number of hydrogen-bond donors (Lipinski definition) is 0. The number of piperidine rings is 1. The highest BCUT2D eigenvalue weighted by Crippen LogP contribution is 2.43. The summed E-state index contributed by atoms with van der Waals surface area (Å²) in [5, 5.41) is 0. The number of quaternary nitrogens is 1. The number of hydrogen-bond acceptors (Lipinski definition) is 0. The summed E-state index contributed by atoms with van der Waals surface area (Å²) in [5.41, 5.74) is 0. The molecular weight excluding hydrogens is 170 g/mol. The van der Waals surface area contributed by atoms with Crippen molar-refractivity contribution >= 4 is 0 Å². The molecule has 4 atom stereocenters. The van der Waals surface area contributed by atoms with Crippen LogP contribution >= 0.6 is 0 Å². The zero-order valence-electron chi connectivity index (χ0n) is 10.3. The van der Waals surface area contributed by atoms with Crippen molar-refractivity contribution < 1.29 is 4.48 Å². The van der Waals surface area contributed by atoms with E-state index in [4.69, 9.17) is 0 Å². The van der Waals surface area contributed by atoms with E-state index < -0.39 is 0 Å². The topological polar surface area (TPSA) is 0 Å². The van der Waals surface area contributed by atoms with Gasteiger partial charge in [-0.1, -0.05) is 13.8 Å². The van der Waals surface area contributed by atoms with E-state index in [-0.39, 0.29) is 0 Å². The Morgan fingerprint density at radius 3 is 1.57 bits per heavy atom. The molecule has 0 radical (unpaired) electrons. The van der Waals surface area contributed by atoms with Crippen molar-refractivity contribution in [2.75, 3.05) is 13.1 Å². The summed E-state index contributed by atoms with van der Waals surface area (Å²) in [4.78, 5) is 0. The maximum Gasteiger partial charge on any atom is 0.0894 e. The van der Waals surface area contributed by atoms with Crippen LogP contribution in [0.25, 0.3) is 0 Å². The molecule has 0 N–H and O–H groups in total. The van der Waals surface area contributed by atoms with Crippen LogP contribution in [-0.4, -0.2) is 29.7 Å². The quantitative estimate of drug-likeness (QED) is 0.522. The molecule has 82 valence electrons. The standard InChI is InChI=1S/C13H26N/c1-10-11(2)13(4)14(12(10)3)8-6-5-7-9-14/h10-13H,5-9H2,1-4H3/q+1. The first-order valence-electron chi connectivity index (χ1n) is 6.46. The van der Waals surface area contributed by atoms with Crippen LogP contribution in [-0.2, 0) is 0 Å². The Kier molecular flexibility index (Phi) is 2.63. The molecule has 0 aromatic heterocycles. The first-order valence-corrected chi connectivity index (χ1v) is 6.46. The minimum atomic E-state index is 0.903. The van der Waals surface area contributed by atoms with E-state index in [0.29, 0.717) is 0 Å². The van der Waals surface area contributed by atoms with E-state index in [9.17, 15) is 0 Å². The van der Waals surface area contributed by atoms with E-state index in [1.165, 1.54) is 36.8 Å². The molecule has 4 unspecified atom stereocenters. The summed E-state index contributed by atoms with van der Waals surface area (Å²) in [6, 6.07) is 1.81. The number of nitrogens with zero attached hydrogens (tertiary/aromatic N) is 1. The molecule has 1 nitrogen and oxygen atoms in total. The van der Waals surface area contributed by atoms with Crippen molar-refractivity contribution in [3.05, 3.63) is 0 Å². The zero-order valence-corrected chi connectivity index (χ0v) is 10.3. The van der Waals surface area contributed by atoms with Crippen molar-refractivity contribution in [2.24, 2.45) is 11.8 Å². The van der Waals surface area contributed by atoms with Gasteiger partial charge < -0.3 is 4.48 Å². The maximum atomic E-state index is 2.50. The maximum absolute atomic E-state index is 2.50. The summed E-state index contributed by atoms with van der Waals surface area (Å²) in [7, 11) is 0. The van der Waals surface area contributed by atoms with E-state index in [2.05, 4.69) is 27.7 Å². The van der Waals surface area contributed by atoms with Crippen LogP contribution in [0, 0.1) is 11.8 Å². The lowest BCUT2D eigenvalue weighted by Gasteiger charge is -2.46. The Bertz CT molecular complexity index is 189. The average Bonchev–Trinajstić information content (AvgIpc) is 2.37. The van der Waals surface area contributed by atoms with Gasteiger partial charge in [0.25, 0.3) is 0 Å². The van der Waals surface area contributed by atoms with Crippen LogP contribution in [0.3, 0.4) is 0 Å². The van der Waals surface area contributed by atoms with E-state index in [1.54, 1.807) is 0 Å². The molecule has 0 saturated carbocycles. The van der Waals surface area contributed by atoms with E-state index in [0.717, 1.165) is 23.9 Å². The van der Waals surface area contributed by atoms with Gasteiger partial charge in [-0.2, -0.15) is 0 Å². The highest BCUT2D eigenvalue weighted by atomic mass is 15.4. The minimum absolute atomic E-state index is 0.903. The molecule has 0 amide bonds. The number of rotatable bonds is 0. The molecule has 2 aliphatic rings. The third kappa shape index (κ3) is 1.25. The fourth-order valence-corrected chi connectivity index (χ4v) is 4.10. The van der Waals surface area contributed by atoms with Crippen molar-refractivity contribution in [3.63, 3.8) is 0 Å². The van der Waals surface area contributed by atoms with Crippen molar-refractivity contribution in [1.82, 2.24) is 0 Å². The molecule has 0 aliphatic carbocycles. The smallest absolute Gasteiger partial charge is 0.0894 e. The highest BCUT2D eigenvalue weighted by Gasteiger charge is 2.53. The molecule has 14 heavy (non-hydrogen) atoms. The van der Waals surface area contributed by atoms with Crippen LogP contribution in [0.15, 0.2) is 0 Å². The predicted octanol–water partition coefficient (Wildman–Crippen LogP) is 3.05. The van der Waals surface area contributed by atoms with Gasteiger partial charge in [-0.25, -0.2) is 0 Å². The second-order valence-corrected chi connectivity index (χ2v) is 5.81. The van der Waals surface area contributed by atoms with Gasteiger partial charge in [-0.05, 0) is 33.1 Å². The first kappa shape index (κ1) is 10.5. The molecule has 2 fully saturated rings. The summed E-state index contributed by atoms with van der Waals surface area (Å²) in [6.07, 6.45) is 4.41. The molecule has 2 aliphatic heterocycles. The minimum Gasteiger partial charge on any atom is -0.319 e. The van der Waals surface area contributed by atoms with Crippen LogP contribution in [0.2, 0.25) is 0 Å². The monoisotopic (exact) mass is 196 g/mol. The van der Waals surface area contributed by atoms with Crippen molar-refractivity contribution in [3.8, 4) is 0 Å². The summed E-state index contributed by atoms with van der Waals surface area (Å²) in [6.45, 7) is 12.8. The van der Waals surface area contributed by atoms with Crippen molar-refractivity contribution in [2.45, 2.75) is 59.0 Å². The summed E-state index contributed by atoms with van der Waals surface area (Å²) in [5.74, 6) is 1.84. The second-order valence-electron chi connectivity index (χ2n) is 5.81. The largest absolute Gasteiger partial charge is 0.319 e. The second kappa shape index (κ2) is 3.52. The molecule has 1 heteroatoms. The first-order chi connectivity index (χ1) is 6.59. The Hall–Kier alpha value is -0.0400. The molecule has 2 heterocycles. The van der Waals surface area contributed by atoms with Crippen LogP contribution in [0.4, 0.5) is 0 Å². The normalized spacial score (nSPS) is 47.1. The van der Waals surface area contributed by atoms with Gasteiger partial charge in [0, 0.05) is 11.8 Å². The fourth-order valence-electron chi connectivity index (χ4n) is 4.10. The van der Waals surface area contributed by atoms with Gasteiger partial charge in [0.2, 0.25) is 0 Å². The molecule has 2 rings (SSSR count). The lowest BCUT2D eigenvalue weighted by atomic mass is 9.92. The third-order valence-electron chi connectivity index (χ3n) is 5.62. The Labute approximate surface area is 89.1 Å². The lowest BCUT2D eigenvalue weighted by Crippen LogP contribution is -2.58. The van der Waals surface area contributed by atoms with Gasteiger partial charge in [-0.15, -0.1) is 0 Å². The summed E-state index contributed by atoms with van der Waals surface area (Å²) >= 11 is 0. The molecule has 0 bridgehead atoms. The van der Waals surface area contributed by atoms with Crippen LogP contribution in [0.5, 0.6) is 0 Å². The Morgan fingerprint density at radius 1 is 0.714 bits per heavy atom. The van der Waals surface area contributed by atoms with Gasteiger partial charge in [0.05, 0.1) is 25.2 Å². The van der Waals surface area contributed by atoms with E-state index in [1.807, 2.05) is 0 Å². The summed E-state index contributed by atoms with van der Waals surface area (Å²) < 4.78 is 1.45. The molecule has 2 saturated heterocycles. The highest BCUT2D eigenvalue weighted by molar-refractivity contribution is 4.84. The third-order valence-corrected chi connectivity index (χ3v) is 5.62. The van der Waals surface area contributed by atoms with Gasteiger partial charge >= 0.3 is 0 Å². The predicted molar refractivity (Wildman–Crippen MR) is 61.1 cm³/mol. The van der Waals surface area contributed by atoms with Gasteiger partial charge in [0.15, 0.2) is 0 Å². The molecule has 0 aromatic rings. The van der Waals surface area contributed by atoms with Gasteiger partial charge in [-0.3, -0.25) is 0 Å². The zero-order chi connectivity index (χ0) is 10.3. The Morgan fingerprint density at radius 2 is 1.14 bits per heavy atom. The molecule has 1 spiro atoms. The average molecular weight is 196 g/mol. The van der Waals surface area contributed by atoms with E-state index >= 15 is 0 Å². The van der Waals surface area contributed by atoms with Gasteiger partial charge in [0.1, 0.15) is 0 Å². The van der Waals surface area contributed by atoms with Crippen LogP contribution < -0.4 is 0 Å². The lowest BCUT2D eigenvalue weighted by molar-refractivity contribution is -0.964. The Balaban J connectivity index is 2.24. The van der Waals surface area contributed by atoms with Crippen LogP contribution in [0.1, 0.15) is 47.0 Å².